The van der Waals surface area contributed by atoms with Gasteiger partial charge in [0.1, 0.15) is 0 Å². The van der Waals surface area contributed by atoms with Crippen molar-refractivity contribution in [3.63, 3.8) is 0 Å². The molecule has 2 atom stereocenters. The van der Waals surface area contributed by atoms with Gasteiger partial charge in [-0.1, -0.05) is 0 Å². The first-order valence-electron chi connectivity index (χ1n) is 8.81. The molecule has 1 aliphatic rings. The number of hydrogen-bond acceptors (Lipinski definition) is 4. The summed E-state index contributed by atoms with van der Waals surface area (Å²) in [5, 5.41) is 11.9. The summed E-state index contributed by atoms with van der Waals surface area (Å²) in [6, 6.07) is 6.44. The van der Waals surface area contributed by atoms with E-state index < -0.39 is 0 Å². The summed E-state index contributed by atoms with van der Waals surface area (Å²) in [6.07, 6.45) is 11.4. The molecule has 0 saturated heterocycles. The molecule has 1 saturated carbocycles. The second-order valence-electron chi connectivity index (χ2n) is 6.18. The van der Waals surface area contributed by atoms with E-state index in [0.717, 1.165) is 29.1 Å². The smallest absolute Gasteiger partial charge is 0.191 e. The van der Waals surface area contributed by atoms with Crippen LogP contribution in [0.3, 0.4) is 0 Å². The number of thioether (sulfide) groups is 1. The number of nitrogens with one attached hydrogen (secondary N) is 2. The lowest BCUT2D eigenvalue weighted by atomic mass is 10.2. The normalized spacial score (nSPS) is 19.8. The maximum absolute atomic E-state index is 4.75. The fourth-order valence-electron chi connectivity index (χ4n) is 3.06. The first-order valence-corrected chi connectivity index (χ1v) is 10.1. The summed E-state index contributed by atoms with van der Waals surface area (Å²) in [5.74, 6) is 1.71. The third-order valence-corrected chi connectivity index (χ3v) is 5.47. The van der Waals surface area contributed by atoms with Gasteiger partial charge in [0.25, 0.3) is 0 Å². The van der Waals surface area contributed by atoms with E-state index in [0.29, 0.717) is 12.6 Å². The predicted molar refractivity (Wildman–Crippen MR) is 120 cm³/mol. The molecule has 0 radical (unpaired) electrons. The third-order valence-electron chi connectivity index (χ3n) is 4.37. The summed E-state index contributed by atoms with van der Waals surface area (Å²) in [7, 11) is 0. The van der Waals surface area contributed by atoms with Crippen molar-refractivity contribution in [1.82, 2.24) is 25.4 Å². The minimum absolute atomic E-state index is 0. The van der Waals surface area contributed by atoms with Crippen LogP contribution in [0.4, 0.5) is 0 Å². The van der Waals surface area contributed by atoms with Crippen molar-refractivity contribution in [2.24, 2.45) is 4.99 Å². The van der Waals surface area contributed by atoms with Gasteiger partial charge in [-0.3, -0.25) is 0 Å². The second kappa shape index (κ2) is 10.8. The zero-order valence-electron chi connectivity index (χ0n) is 15.3. The average Bonchev–Trinajstić information content (AvgIpc) is 3.32. The molecule has 1 aliphatic carbocycles. The van der Waals surface area contributed by atoms with Crippen LogP contribution in [-0.4, -0.2) is 44.8 Å². The van der Waals surface area contributed by atoms with Crippen LogP contribution in [-0.2, 0) is 6.54 Å². The third kappa shape index (κ3) is 5.87. The number of rotatable bonds is 6. The van der Waals surface area contributed by atoms with E-state index in [1.165, 1.54) is 19.3 Å². The van der Waals surface area contributed by atoms with Crippen molar-refractivity contribution in [2.75, 3.05) is 12.8 Å². The molecule has 2 aromatic rings. The van der Waals surface area contributed by atoms with Gasteiger partial charge < -0.3 is 10.6 Å². The molecule has 2 aromatic heterocycles. The molecule has 2 heterocycles. The van der Waals surface area contributed by atoms with Gasteiger partial charge in [0.2, 0.25) is 0 Å². The zero-order chi connectivity index (χ0) is 17.5. The molecule has 2 unspecified atom stereocenters. The molecular formula is C18H27IN6S. The molecule has 0 spiro atoms. The Hall–Kier alpha value is -1.29. The van der Waals surface area contributed by atoms with Crippen LogP contribution in [0.2, 0.25) is 0 Å². The first kappa shape index (κ1) is 21.0. The van der Waals surface area contributed by atoms with E-state index in [-0.39, 0.29) is 24.0 Å². The van der Waals surface area contributed by atoms with Crippen molar-refractivity contribution < 1.29 is 0 Å². The Morgan fingerprint density at radius 3 is 2.96 bits per heavy atom. The SMILES string of the molecule is CCNC(=NCc1ccnc(-n2cccn2)c1)NC1CCC(SC)C1.I. The highest BCUT2D eigenvalue weighted by atomic mass is 127. The predicted octanol–water partition coefficient (Wildman–Crippen LogP) is 3.22. The van der Waals surface area contributed by atoms with Crippen LogP contribution in [0.1, 0.15) is 31.7 Å². The molecule has 26 heavy (non-hydrogen) atoms. The number of aromatic nitrogens is 3. The molecular weight excluding hydrogens is 459 g/mol. The Morgan fingerprint density at radius 1 is 1.38 bits per heavy atom. The summed E-state index contributed by atoms with van der Waals surface area (Å²) < 4.78 is 1.76. The van der Waals surface area contributed by atoms with E-state index in [9.17, 15) is 0 Å². The van der Waals surface area contributed by atoms with Gasteiger partial charge in [0.05, 0.1) is 6.54 Å². The fraction of sp³-hybridized carbons (Fsp3) is 0.500. The summed E-state index contributed by atoms with van der Waals surface area (Å²) in [4.78, 5) is 9.12. The molecule has 142 valence electrons. The summed E-state index contributed by atoms with van der Waals surface area (Å²) >= 11 is 1.97. The maximum Gasteiger partial charge on any atom is 0.191 e. The van der Waals surface area contributed by atoms with Gasteiger partial charge in [-0.15, -0.1) is 24.0 Å². The number of aliphatic imine (C=N–C) groups is 1. The van der Waals surface area contributed by atoms with Crippen LogP contribution >= 0.6 is 35.7 Å². The minimum atomic E-state index is 0. The van der Waals surface area contributed by atoms with Gasteiger partial charge in [0, 0.05) is 36.4 Å². The van der Waals surface area contributed by atoms with Crippen molar-refractivity contribution in [1.29, 1.82) is 0 Å². The van der Waals surface area contributed by atoms with Crippen LogP contribution in [0.15, 0.2) is 41.8 Å². The molecule has 1 fully saturated rings. The Balaban J connectivity index is 0.00000243. The van der Waals surface area contributed by atoms with Crippen LogP contribution in [0.25, 0.3) is 5.82 Å². The monoisotopic (exact) mass is 486 g/mol. The Morgan fingerprint density at radius 2 is 2.27 bits per heavy atom. The standard InChI is InChI=1S/C18H26N6S.HI/c1-3-19-18(23-15-5-6-16(12-15)25-2)21-13-14-7-9-20-17(11-14)24-10-4-8-22-24;/h4,7-11,15-16H,3,5-6,12-13H2,1-2H3,(H2,19,21,23);1H. The van der Waals surface area contributed by atoms with Crippen molar-refractivity contribution in [2.45, 2.75) is 44.0 Å². The van der Waals surface area contributed by atoms with Crippen LogP contribution in [0.5, 0.6) is 0 Å². The van der Waals surface area contributed by atoms with Gasteiger partial charge in [-0.05, 0) is 56.2 Å². The first-order chi connectivity index (χ1) is 12.3. The highest BCUT2D eigenvalue weighted by Crippen LogP contribution is 2.28. The number of hydrogen-bond donors (Lipinski definition) is 2. The molecule has 0 bridgehead atoms. The Kier molecular flexibility index (Phi) is 8.70. The van der Waals surface area contributed by atoms with E-state index in [2.05, 4.69) is 33.9 Å². The Labute approximate surface area is 176 Å². The van der Waals surface area contributed by atoms with Gasteiger partial charge in [-0.25, -0.2) is 14.7 Å². The maximum atomic E-state index is 4.75. The molecule has 0 aliphatic heterocycles. The lowest BCUT2D eigenvalue weighted by Crippen LogP contribution is -2.42. The van der Waals surface area contributed by atoms with E-state index in [1.807, 2.05) is 42.4 Å². The Bertz CT molecular complexity index is 691. The van der Waals surface area contributed by atoms with Crippen molar-refractivity contribution in [3.05, 3.63) is 42.4 Å². The topological polar surface area (TPSA) is 67.1 Å². The van der Waals surface area contributed by atoms with Crippen molar-refractivity contribution in [3.8, 4) is 5.82 Å². The molecule has 0 amide bonds. The summed E-state index contributed by atoms with van der Waals surface area (Å²) in [6.45, 7) is 3.57. The highest BCUT2D eigenvalue weighted by molar-refractivity contribution is 14.0. The van der Waals surface area contributed by atoms with E-state index >= 15 is 0 Å². The van der Waals surface area contributed by atoms with Gasteiger partial charge >= 0.3 is 0 Å². The molecule has 8 heteroatoms. The average molecular weight is 486 g/mol. The zero-order valence-corrected chi connectivity index (χ0v) is 18.4. The quantitative estimate of drug-likeness (QED) is 0.373. The molecule has 3 rings (SSSR count). The van der Waals surface area contributed by atoms with Gasteiger partial charge in [0.15, 0.2) is 11.8 Å². The van der Waals surface area contributed by atoms with Crippen molar-refractivity contribution >= 4 is 41.7 Å². The minimum Gasteiger partial charge on any atom is -0.357 e. The van der Waals surface area contributed by atoms with E-state index in [1.54, 1.807) is 10.9 Å². The highest BCUT2D eigenvalue weighted by Gasteiger charge is 2.24. The lowest BCUT2D eigenvalue weighted by Gasteiger charge is -2.17. The number of pyridine rings is 1. The summed E-state index contributed by atoms with van der Waals surface area (Å²) in [5.41, 5.74) is 1.12. The lowest BCUT2D eigenvalue weighted by molar-refractivity contribution is 0.615. The second-order valence-corrected chi connectivity index (χ2v) is 7.32. The number of halogens is 1. The van der Waals surface area contributed by atoms with E-state index in [4.69, 9.17) is 4.99 Å². The number of nitrogens with zero attached hydrogens (tertiary/aromatic N) is 4. The fourth-order valence-corrected chi connectivity index (χ4v) is 3.85. The van der Waals surface area contributed by atoms with Crippen LogP contribution in [0, 0.1) is 0 Å². The molecule has 6 nitrogen and oxygen atoms in total. The largest absolute Gasteiger partial charge is 0.357 e. The van der Waals surface area contributed by atoms with Crippen LogP contribution < -0.4 is 10.6 Å². The molecule has 2 N–H and O–H groups in total. The molecule has 0 aromatic carbocycles. The van der Waals surface area contributed by atoms with Gasteiger partial charge in [-0.2, -0.15) is 16.9 Å². The number of guanidine groups is 1.